The third-order valence-corrected chi connectivity index (χ3v) is 4.35. The van der Waals surface area contributed by atoms with Crippen molar-refractivity contribution in [3.8, 4) is 0 Å². The molecule has 0 fully saturated rings. The summed E-state index contributed by atoms with van der Waals surface area (Å²) in [6.45, 7) is 7.71. The van der Waals surface area contributed by atoms with Crippen molar-refractivity contribution in [3.63, 3.8) is 0 Å². The number of amides is 1. The zero-order valence-electron chi connectivity index (χ0n) is 14.7. The van der Waals surface area contributed by atoms with Crippen LogP contribution in [0.2, 0.25) is 0 Å². The van der Waals surface area contributed by atoms with E-state index < -0.39 is 0 Å². The first-order valence-electron chi connectivity index (χ1n) is 7.73. The highest BCUT2D eigenvalue weighted by Crippen LogP contribution is 2.20. The van der Waals surface area contributed by atoms with Gasteiger partial charge in [0.05, 0.1) is 5.69 Å². The Balaban J connectivity index is 2.18. The Kier molecular flexibility index (Phi) is 5.49. The van der Waals surface area contributed by atoms with Crippen LogP contribution in [0.4, 0.5) is 5.69 Å². The highest BCUT2D eigenvalue weighted by molar-refractivity contribution is 7.98. The minimum absolute atomic E-state index is 0.0500. The quantitative estimate of drug-likeness (QED) is 0.864. The lowest BCUT2D eigenvalue weighted by atomic mass is 9.92. The van der Waals surface area contributed by atoms with Crippen LogP contribution in [0.25, 0.3) is 0 Å². The fourth-order valence-corrected chi connectivity index (χ4v) is 2.70. The van der Waals surface area contributed by atoms with Crippen molar-refractivity contribution in [1.82, 2.24) is 9.55 Å². The first kappa shape index (κ1) is 18.3. The molecule has 128 valence electrons. The normalized spacial score (nSPS) is 11.4. The van der Waals surface area contributed by atoms with Crippen molar-refractivity contribution in [2.24, 2.45) is 0 Å². The number of hydrogen-bond donors (Lipinski definition) is 1. The highest BCUT2D eigenvalue weighted by Gasteiger charge is 2.18. The van der Waals surface area contributed by atoms with E-state index in [1.165, 1.54) is 10.6 Å². The van der Waals surface area contributed by atoms with Crippen molar-refractivity contribution in [1.29, 1.82) is 0 Å². The standard InChI is InChI=1S/C18H23N3O2S/c1-12-19-15(18(2,3)4)10-17(23)21(12)11-16(22)20-13-7-6-8-14(9-13)24-5/h6-10H,11H2,1-5H3,(H,20,22). The Hall–Kier alpha value is -2.08. The van der Waals surface area contributed by atoms with Gasteiger partial charge in [-0.3, -0.25) is 14.2 Å². The molecule has 0 spiro atoms. The fourth-order valence-electron chi connectivity index (χ4n) is 2.24. The van der Waals surface area contributed by atoms with Crippen LogP contribution in [0.3, 0.4) is 0 Å². The Morgan fingerprint density at radius 2 is 2.00 bits per heavy atom. The average molecular weight is 345 g/mol. The van der Waals surface area contributed by atoms with Gasteiger partial charge in [0, 0.05) is 22.1 Å². The number of nitrogens with one attached hydrogen (secondary N) is 1. The molecule has 1 aromatic heterocycles. The van der Waals surface area contributed by atoms with Crippen LogP contribution in [-0.4, -0.2) is 21.7 Å². The monoisotopic (exact) mass is 345 g/mol. The van der Waals surface area contributed by atoms with E-state index >= 15 is 0 Å². The smallest absolute Gasteiger partial charge is 0.254 e. The van der Waals surface area contributed by atoms with Crippen LogP contribution in [0, 0.1) is 6.92 Å². The van der Waals surface area contributed by atoms with Gasteiger partial charge in [-0.25, -0.2) is 4.98 Å². The second kappa shape index (κ2) is 7.21. The number of anilines is 1. The van der Waals surface area contributed by atoms with E-state index in [0.717, 1.165) is 16.3 Å². The van der Waals surface area contributed by atoms with Gasteiger partial charge in [0.25, 0.3) is 5.56 Å². The van der Waals surface area contributed by atoms with Crippen molar-refractivity contribution in [3.05, 3.63) is 52.2 Å². The summed E-state index contributed by atoms with van der Waals surface area (Å²) >= 11 is 1.61. The second-order valence-electron chi connectivity index (χ2n) is 6.64. The molecule has 1 N–H and O–H groups in total. The fraction of sp³-hybridized carbons (Fsp3) is 0.389. The third-order valence-electron chi connectivity index (χ3n) is 3.62. The number of aryl methyl sites for hydroxylation is 1. The van der Waals surface area contributed by atoms with Crippen LogP contribution in [0.5, 0.6) is 0 Å². The van der Waals surface area contributed by atoms with Crippen molar-refractivity contribution < 1.29 is 4.79 Å². The number of carbonyl (C=O) groups is 1. The van der Waals surface area contributed by atoms with Crippen molar-refractivity contribution in [2.45, 2.75) is 44.6 Å². The van der Waals surface area contributed by atoms with Gasteiger partial charge in [-0.1, -0.05) is 26.8 Å². The summed E-state index contributed by atoms with van der Waals surface area (Å²) in [5.74, 6) is 0.296. The zero-order chi connectivity index (χ0) is 17.9. The van der Waals surface area contributed by atoms with Crippen LogP contribution in [0.1, 0.15) is 32.3 Å². The number of thioether (sulfide) groups is 1. The molecule has 0 saturated carbocycles. The molecule has 5 nitrogen and oxygen atoms in total. The summed E-state index contributed by atoms with van der Waals surface area (Å²) in [5.41, 5.74) is 1.04. The van der Waals surface area contributed by atoms with E-state index in [1.54, 1.807) is 18.7 Å². The Labute approximate surface area is 146 Å². The zero-order valence-corrected chi connectivity index (χ0v) is 15.5. The second-order valence-corrected chi connectivity index (χ2v) is 7.52. The molecule has 0 saturated heterocycles. The van der Waals surface area contributed by atoms with Crippen molar-refractivity contribution >= 4 is 23.4 Å². The van der Waals surface area contributed by atoms with Crippen LogP contribution >= 0.6 is 11.8 Å². The van der Waals surface area contributed by atoms with Crippen LogP contribution in [0.15, 0.2) is 40.0 Å². The molecule has 0 radical (unpaired) electrons. The summed E-state index contributed by atoms with van der Waals surface area (Å²) in [7, 11) is 0. The molecule has 0 aliphatic heterocycles. The van der Waals surface area contributed by atoms with Crippen LogP contribution in [-0.2, 0) is 16.8 Å². The summed E-state index contributed by atoms with van der Waals surface area (Å²) in [6.07, 6.45) is 1.98. The van der Waals surface area contributed by atoms with Gasteiger partial charge in [-0.2, -0.15) is 0 Å². The summed E-state index contributed by atoms with van der Waals surface area (Å²) in [6, 6.07) is 9.10. The lowest BCUT2D eigenvalue weighted by Crippen LogP contribution is -2.32. The first-order valence-corrected chi connectivity index (χ1v) is 8.96. The molecular formula is C18H23N3O2S. The van der Waals surface area contributed by atoms with Crippen molar-refractivity contribution in [2.75, 3.05) is 11.6 Å². The van der Waals surface area contributed by atoms with Gasteiger partial charge in [0.1, 0.15) is 12.4 Å². The molecule has 0 aliphatic rings. The summed E-state index contributed by atoms with van der Waals surface area (Å²) < 4.78 is 1.39. The van der Waals surface area contributed by atoms with Gasteiger partial charge >= 0.3 is 0 Å². The number of benzene rings is 1. The molecule has 1 amide bonds. The summed E-state index contributed by atoms with van der Waals surface area (Å²) in [4.78, 5) is 30.1. The molecule has 0 atom stereocenters. The minimum atomic E-state index is -0.247. The maximum atomic E-state index is 12.3. The number of nitrogens with zero attached hydrogens (tertiary/aromatic N) is 2. The van der Waals surface area contributed by atoms with Gasteiger partial charge in [0.2, 0.25) is 5.91 Å². The lowest BCUT2D eigenvalue weighted by molar-refractivity contribution is -0.116. The van der Waals surface area contributed by atoms with Crippen LogP contribution < -0.4 is 10.9 Å². The SMILES string of the molecule is CSc1cccc(NC(=O)Cn2c(C)nc(C(C)(C)C)cc2=O)c1. The first-order chi connectivity index (χ1) is 11.2. The molecule has 6 heteroatoms. The molecule has 0 aliphatic carbocycles. The molecule has 0 bridgehead atoms. The average Bonchev–Trinajstić information content (AvgIpc) is 2.50. The molecule has 0 unspecified atom stereocenters. The Bertz CT molecular complexity index is 807. The predicted molar refractivity (Wildman–Crippen MR) is 98.8 cm³/mol. The topological polar surface area (TPSA) is 64.0 Å². The number of rotatable bonds is 4. The largest absolute Gasteiger partial charge is 0.324 e. The molecule has 24 heavy (non-hydrogen) atoms. The lowest BCUT2D eigenvalue weighted by Gasteiger charge is -2.19. The van der Waals surface area contributed by atoms with Gasteiger partial charge in [-0.05, 0) is 31.4 Å². The van der Waals surface area contributed by atoms with E-state index in [4.69, 9.17) is 0 Å². The Morgan fingerprint density at radius 3 is 2.58 bits per heavy atom. The number of carbonyl (C=O) groups excluding carboxylic acids is 1. The van der Waals surface area contributed by atoms with Gasteiger partial charge < -0.3 is 5.32 Å². The van der Waals surface area contributed by atoms with Gasteiger partial charge in [0.15, 0.2) is 0 Å². The van der Waals surface area contributed by atoms with E-state index in [0.29, 0.717) is 5.82 Å². The third kappa shape index (κ3) is 4.47. The molecular weight excluding hydrogens is 322 g/mol. The number of hydrogen-bond acceptors (Lipinski definition) is 4. The predicted octanol–water partition coefficient (Wildman–Crippen LogP) is 3.21. The van der Waals surface area contributed by atoms with Gasteiger partial charge in [-0.15, -0.1) is 11.8 Å². The molecule has 2 aromatic rings. The number of aromatic nitrogens is 2. The molecule has 1 heterocycles. The maximum Gasteiger partial charge on any atom is 0.254 e. The van der Waals surface area contributed by atoms with E-state index in [9.17, 15) is 9.59 Å². The van der Waals surface area contributed by atoms with E-state index in [2.05, 4.69) is 10.3 Å². The molecule has 2 rings (SSSR count). The highest BCUT2D eigenvalue weighted by atomic mass is 32.2. The van der Waals surface area contributed by atoms with E-state index in [1.807, 2.05) is 51.3 Å². The molecule has 1 aromatic carbocycles. The Morgan fingerprint density at radius 1 is 1.29 bits per heavy atom. The van der Waals surface area contributed by atoms with E-state index in [-0.39, 0.29) is 23.4 Å². The maximum absolute atomic E-state index is 12.3. The summed E-state index contributed by atoms with van der Waals surface area (Å²) in [5, 5.41) is 2.82. The minimum Gasteiger partial charge on any atom is -0.324 e.